The second-order valence-electron chi connectivity index (χ2n) is 8.95. The monoisotopic (exact) mass is 450 g/mol. The van der Waals surface area contributed by atoms with Gasteiger partial charge in [-0.05, 0) is 47.9 Å². The van der Waals surface area contributed by atoms with Crippen LogP contribution in [-0.2, 0) is 14.3 Å². The molecule has 2 amide bonds. The van der Waals surface area contributed by atoms with E-state index >= 15 is 0 Å². The van der Waals surface area contributed by atoms with Crippen LogP contribution in [0.15, 0.2) is 48.5 Å². The number of fused-ring (bicyclic) bond motifs is 3. The van der Waals surface area contributed by atoms with Crippen molar-refractivity contribution in [1.82, 2.24) is 10.6 Å². The molecule has 0 aliphatic heterocycles. The molecule has 2 aliphatic rings. The molecule has 0 aromatic heterocycles. The molecule has 7 nitrogen and oxygen atoms in total. The SMILES string of the molecule is C[C@H](NC(=O)OCC1c2ccccc2-c2ccccc21)C(=O)N[C@@H]1CCCC[C@@H]1CC(=O)O. The van der Waals surface area contributed by atoms with Crippen molar-refractivity contribution in [1.29, 1.82) is 0 Å². The predicted octanol–water partition coefficient (Wildman–Crippen LogP) is 4.06. The lowest BCUT2D eigenvalue weighted by atomic mass is 9.82. The van der Waals surface area contributed by atoms with Crippen LogP contribution in [0.4, 0.5) is 4.79 Å². The van der Waals surface area contributed by atoms with Crippen molar-refractivity contribution in [3.63, 3.8) is 0 Å². The molecule has 0 heterocycles. The van der Waals surface area contributed by atoms with Crippen LogP contribution in [0, 0.1) is 5.92 Å². The van der Waals surface area contributed by atoms with E-state index in [-0.39, 0.29) is 36.8 Å². The average molecular weight is 451 g/mol. The summed E-state index contributed by atoms with van der Waals surface area (Å²) in [5, 5.41) is 14.7. The first kappa shape index (κ1) is 22.8. The summed E-state index contributed by atoms with van der Waals surface area (Å²) in [5.74, 6) is -1.31. The van der Waals surface area contributed by atoms with Gasteiger partial charge in [0.15, 0.2) is 0 Å². The number of alkyl carbamates (subject to hydrolysis) is 1. The lowest BCUT2D eigenvalue weighted by Gasteiger charge is -2.32. The molecule has 1 fully saturated rings. The first-order chi connectivity index (χ1) is 15.9. The number of carbonyl (C=O) groups excluding carboxylic acids is 2. The molecule has 33 heavy (non-hydrogen) atoms. The summed E-state index contributed by atoms with van der Waals surface area (Å²) in [5.41, 5.74) is 4.55. The van der Waals surface area contributed by atoms with Gasteiger partial charge in [-0.25, -0.2) is 4.79 Å². The highest BCUT2D eigenvalue weighted by Gasteiger charge is 2.31. The lowest BCUT2D eigenvalue weighted by Crippen LogP contribution is -2.51. The molecular formula is C26H30N2O5. The fourth-order valence-corrected chi connectivity index (χ4v) is 5.06. The van der Waals surface area contributed by atoms with Gasteiger partial charge in [0.1, 0.15) is 12.6 Å². The second-order valence-corrected chi connectivity index (χ2v) is 8.95. The Bertz CT molecular complexity index is 991. The highest BCUT2D eigenvalue weighted by molar-refractivity contribution is 5.85. The smallest absolute Gasteiger partial charge is 0.407 e. The largest absolute Gasteiger partial charge is 0.481 e. The Hall–Kier alpha value is -3.35. The first-order valence-corrected chi connectivity index (χ1v) is 11.6. The zero-order valence-corrected chi connectivity index (χ0v) is 18.8. The fourth-order valence-electron chi connectivity index (χ4n) is 5.06. The minimum Gasteiger partial charge on any atom is -0.481 e. The number of rotatable bonds is 7. The fraction of sp³-hybridized carbons (Fsp3) is 0.423. The second kappa shape index (κ2) is 10.1. The lowest BCUT2D eigenvalue weighted by molar-refractivity contribution is -0.139. The van der Waals surface area contributed by atoms with Crippen molar-refractivity contribution in [2.24, 2.45) is 5.92 Å². The molecule has 0 unspecified atom stereocenters. The van der Waals surface area contributed by atoms with E-state index in [9.17, 15) is 14.4 Å². The number of amides is 2. The molecule has 4 rings (SSSR count). The van der Waals surface area contributed by atoms with E-state index in [4.69, 9.17) is 9.84 Å². The zero-order chi connectivity index (χ0) is 23.4. The summed E-state index contributed by atoms with van der Waals surface area (Å²) in [6, 6.07) is 15.2. The Balaban J connectivity index is 1.32. The van der Waals surface area contributed by atoms with Crippen molar-refractivity contribution in [2.45, 2.75) is 57.0 Å². The number of carboxylic acids is 1. The zero-order valence-electron chi connectivity index (χ0n) is 18.8. The minimum absolute atomic E-state index is 0.0408. The summed E-state index contributed by atoms with van der Waals surface area (Å²) in [6.45, 7) is 1.78. The highest BCUT2D eigenvalue weighted by Crippen LogP contribution is 2.44. The summed E-state index contributed by atoms with van der Waals surface area (Å²) in [6.07, 6.45) is 2.85. The quantitative estimate of drug-likeness (QED) is 0.590. The van der Waals surface area contributed by atoms with Gasteiger partial charge in [0.05, 0.1) is 6.42 Å². The van der Waals surface area contributed by atoms with Gasteiger partial charge in [0.25, 0.3) is 0 Å². The number of carbonyl (C=O) groups is 3. The van der Waals surface area contributed by atoms with Crippen molar-refractivity contribution in [3.8, 4) is 11.1 Å². The van der Waals surface area contributed by atoms with Crippen molar-refractivity contribution in [3.05, 3.63) is 59.7 Å². The van der Waals surface area contributed by atoms with Crippen LogP contribution in [0.5, 0.6) is 0 Å². The van der Waals surface area contributed by atoms with Crippen LogP contribution < -0.4 is 10.6 Å². The maximum Gasteiger partial charge on any atom is 0.407 e. The number of carboxylic acid groups (broad SMARTS) is 1. The minimum atomic E-state index is -0.856. The van der Waals surface area contributed by atoms with Gasteiger partial charge in [-0.3, -0.25) is 9.59 Å². The molecule has 0 spiro atoms. The number of aliphatic carboxylic acids is 1. The van der Waals surface area contributed by atoms with E-state index in [1.807, 2.05) is 24.3 Å². The van der Waals surface area contributed by atoms with Crippen LogP contribution in [0.25, 0.3) is 11.1 Å². The Kier molecular flexibility index (Phi) is 6.96. The van der Waals surface area contributed by atoms with E-state index in [0.717, 1.165) is 47.9 Å². The van der Waals surface area contributed by atoms with E-state index in [0.29, 0.717) is 0 Å². The molecule has 2 aliphatic carbocycles. The highest BCUT2D eigenvalue weighted by atomic mass is 16.5. The summed E-state index contributed by atoms with van der Waals surface area (Å²) in [4.78, 5) is 36.2. The van der Waals surface area contributed by atoms with Gasteiger partial charge in [0, 0.05) is 12.0 Å². The van der Waals surface area contributed by atoms with E-state index < -0.39 is 18.1 Å². The van der Waals surface area contributed by atoms with Crippen LogP contribution in [-0.4, -0.2) is 41.8 Å². The van der Waals surface area contributed by atoms with Crippen LogP contribution in [0.1, 0.15) is 56.1 Å². The molecule has 3 atom stereocenters. The van der Waals surface area contributed by atoms with Crippen molar-refractivity contribution < 1.29 is 24.2 Å². The maximum absolute atomic E-state index is 12.6. The summed E-state index contributed by atoms with van der Waals surface area (Å²) >= 11 is 0. The molecule has 2 aromatic carbocycles. The normalized spacial score (nSPS) is 20.3. The maximum atomic E-state index is 12.6. The molecular weight excluding hydrogens is 420 g/mol. The first-order valence-electron chi connectivity index (χ1n) is 11.6. The molecule has 7 heteroatoms. The number of hydrogen-bond donors (Lipinski definition) is 3. The molecule has 0 saturated heterocycles. The van der Waals surface area contributed by atoms with Crippen LogP contribution in [0.2, 0.25) is 0 Å². The molecule has 0 radical (unpaired) electrons. The van der Waals surface area contributed by atoms with E-state index in [2.05, 4.69) is 34.9 Å². The van der Waals surface area contributed by atoms with E-state index in [1.165, 1.54) is 0 Å². The number of nitrogens with one attached hydrogen (secondary N) is 2. The van der Waals surface area contributed by atoms with Gasteiger partial charge in [-0.1, -0.05) is 61.4 Å². The third kappa shape index (κ3) is 5.18. The van der Waals surface area contributed by atoms with Gasteiger partial charge in [-0.2, -0.15) is 0 Å². The number of ether oxygens (including phenoxy) is 1. The van der Waals surface area contributed by atoms with Crippen molar-refractivity contribution >= 4 is 18.0 Å². The van der Waals surface area contributed by atoms with Crippen molar-refractivity contribution in [2.75, 3.05) is 6.61 Å². The van der Waals surface area contributed by atoms with Gasteiger partial charge < -0.3 is 20.5 Å². The molecule has 0 bridgehead atoms. The summed E-state index contributed by atoms with van der Waals surface area (Å²) in [7, 11) is 0. The topological polar surface area (TPSA) is 105 Å². The molecule has 2 aromatic rings. The predicted molar refractivity (Wildman–Crippen MR) is 124 cm³/mol. The number of benzene rings is 2. The van der Waals surface area contributed by atoms with Gasteiger partial charge >= 0.3 is 12.1 Å². The van der Waals surface area contributed by atoms with Crippen LogP contribution >= 0.6 is 0 Å². The van der Waals surface area contributed by atoms with Gasteiger partial charge in [-0.15, -0.1) is 0 Å². The standard InChI is InChI=1S/C26H30N2O5/c1-16(25(31)28-23-13-7-2-8-17(23)14-24(29)30)27-26(32)33-15-22-20-11-5-3-9-18(20)19-10-4-6-12-21(19)22/h3-6,9-12,16-17,22-23H,2,7-8,13-15H2,1H3,(H,27,32)(H,28,31)(H,29,30)/t16-,17+,23+/m0/s1. The van der Waals surface area contributed by atoms with Crippen LogP contribution in [0.3, 0.4) is 0 Å². The number of hydrogen-bond acceptors (Lipinski definition) is 4. The third-order valence-electron chi connectivity index (χ3n) is 6.74. The summed E-state index contributed by atoms with van der Waals surface area (Å²) < 4.78 is 5.52. The molecule has 3 N–H and O–H groups in total. The average Bonchev–Trinajstić information content (AvgIpc) is 3.12. The Morgan fingerprint density at radius 1 is 1.00 bits per heavy atom. The van der Waals surface area contributed by atoms with Gasteiger partial charge in [0.2, 0.25) is 5.91 Å². The van der Waals surface area contributed by atoms with E-state index in [1.54, 1.807) is 6.92 Å². The molecule has 174 valence electrons. The molecule has 1 saturated carbocycles. The Morgan fingerprint density at radius 2 is 1.61 bits per heavy atom. The third-order valence-corrected chi connectivity index (χ3v) is 6.74. The Morgan fingerprint density at radius 3 is 2.24 bits per heavy atom. The Labute approximate surface area is 193 Å².